The second-order valence-corrected chi connectivity index (χ2v) is 13.9. The number of amides is 4. The number of nitrogens with one attached hydrogen (secondary N) is 2. The van der Waals surface area contributed by atoms with Crippen molar-refractivity contribution in [2.24, 2.45) is 17.6 Å². The lowest BCUT2D eigenvalue weighted by atomic mass is 9.84. The first-order valence-corrected chi connectivity index (χ1v) is 17.2. The summed E-state index contributed by atoms with van der Waals surface area (Å²) in [5.41, 5.74) is 5.89. The van der Waals surface area contributed by atoms with Crippen molar-refractivity contribution in [3.05, 3.63) is 48.0 Å². The number of benzene rings is 2. The number of aliphatic hydroxyl groups is 1. The van der Waals surface area contributed by atoms with Gasteiger partial charge in [-0.3, -0.25) is 24.1 Å². The maximum atomic E-state index is 14.6. The van der Waals surface area contributed by atoms with Crippen LogP contribution in [0.15, 0.2) is 42.5 Å². The maximum absolute atomic E-state index is 14.6. The molecule has 2 heterocycles. The van der Waals surface area contributed by atoms with Gasteiger partial charge in [-0.1, -0.05) is 82.7 Å². The van der Waals surface area contributed by atoms with Gasteiger partial charge in [-0.2, -0.15) is 0 Å². The van der Waals surface area contributed by atoms with Gasteiger partial charge in [-0.15, -0.1) is 0 Å². The molecule has 2 aromatic carbocycles. The monoisotopic (exact) mass is 633 g/mol. The van der Waals surface area contributed by atoms with Crippen molar-refractivity contribution in [1.29, 1.82) is 0 Å². The number of fused-ring (bicyclic) bond motifs is 1. The number of rotatable bonds is 11. The number of primary amides is 1. The zero-order valence-corrected chi connectivity index (χ0v) is 27.3. The van der Waals surface area contributed by atoms with Gasteiger partial charge in [0.1, 0.15) is 12.1 Å². The molecule has 0 aromatic heterocycles. The Bertz CT molecular complexity index is 1390. The molecule has 3 aliphatic rings. The predicted octanol–water partition coefficient (Wildman–Crippen LogP) is 3.35. The molecule has 10 heteroatoms. The fraction of sp³-hybridized carbons (Fsp3) is 0.611. The fourth-order valence-corrected chi connectivity index (χ4v) is 7.65. The van der Waals surface area contributed by atoms with Crippen molar-refractivity contribution in [1.82, 2.24) is 20.4 Å². The Morgan fingerprint density at radius 2 is 1.59 bits per heavy atom. The first-order chi connectivity index (χ1) is 22.1. The van der Waals surface area contributed by atoms with Gasteiger partial charge in [0, 0.05) is 18.2 Å². The van der Waals surface area contributed by atoms with Gasteiger partial charge in [0.25, 0.3) is 5.91 Å². The lowest BCUT2D eigenvalue weighted by molar-refractivity contribution is -0.141. The van der Waals surface area contributed by atoms with E-state index >= 15 is 0 Å². The summed E-state index contributed by atoms with van der Waals surface area (Å²) in [6.45, 7) is 5.82. The highest BCUT2D eigenvalue weighted by Gasteiger charge is 2.45. The summed E-state index contributed by atoms with van der Waals surface area (Å²) in [7, 11) is 0. The molecule has 0 spiro atoms. The van der Waals surface area contributed by atoms with Gasteiger partial charge >= 0.3 is 0 Å². The topological polar surface area (TPSA) is 145 Å². The van der Waals surface area contributed by atoms with E-state index in [-0.39, 0.29) is 23.8 Å². The number of piperidine rings is 1. The molecule has 1 aliphatic carbocycles. The highest BCUT2D eigenvalue weighted by molar-refractivity contribution is 6.01. The fourth-order valence-electron chi connectivity index (χ4n) is 7.65. The molecule has 0 bridgehead atoms. The molecule has 1 saturated carbocycles. The van der Waals surface area contributed by atoms with Crippen LogP contribution >= 0.6 is 0 Å². The summed E-state index contributed by atoms with van der Waals surface area (Å²) in [6.07, 6.45) is 8.15. The lowest BCUT2D eigenvalue weighted by Crippen LogP contribution is -2.58. The smallest absolute Gasteiger partial charge is 0.251 e. The Kier molecular flexibility index (Phi) is 11.3. The molecule has 0 radical (unpaired) electrons. The van der Waals surface area contributed by atoms with E-state index in [1.54, 1.807) is 24.8 Å². The van der Waals surface area contributed by atoms with Crippen molar-refractivity contribution in [2.75, 3.05) is 19.6 Å². The number of carbonyl (C=O) groups is 4. The number of likely N-dealkylation sites (tertiary alicyclic amines) is 2. The Hall–Kier alpha value is -3.50. The van der Waals surface area contributed by atoms with Crippen molar-refractivity contribution in [3.8, 4) is 0 Å². The van der Waals surface area contributed by atoms with E-state index in [1.807, 2.05) is 36.4 Å². The van der Waals surface area contributed by atoms with Crippen LogP contribution < -0.4 is 16.4 Å². The van der Waals surface area contributed by atoms with Crippen LogP contribution in [0.5, 0.6) is 0 Å². The molecule has 2 unspecified atom stereocenters. The van der Waals surface area contributed by atoms with Crippen molar-refractivity contribution >= 4 is 34.4 Å². The van der Waals surface area contributed by atoms with Crippen LogP contribution in [0.3, 0.4) is 0 Å². The van der Waals surface area contributed by atoms with Gasteiger partial charge in [0.05, 0.1) is 6.04 Å². The Labute approximate surface area is 272 Å². The summed E-state index contributed by atoms with van der Waals surface area (Å²) >= 11 is 0. The van der Waals surface area contributed by atoms with Crippen molar-refractivity contribution < 1.29 is 24.3 Å². The molecule has 4 amide bonds. The summed E-state index contributed by atoms with van der Waals surface area (Å²) < 4.78 is 0. The Balaban J connectivity index is 1.41. The van der Waals surface area contributed by atoms with E-state index in [4.69, 9.17) is 5.73 Å². The molecule has 5 atom stereocenters. The average Bonchev–Trinajstić information content (AvgIpc) is 3.52. The number of aliphatic hydroxyl groups excluding tert-OH is 1. The zero-order chi connectivity index (χ0) is 32.8. The van der Waals surface area contributed by atoms with Crippen LogP contribution in [0.4, 0.5) is 0 Å². The van der Waals surface area contributed by atoms with Gasteiger partial charge < -0.3 is 26.4 Å². The average molecular weight is 634 g/mol. The van der Waals surface area contributed by atoms with Crippen molar-refractivity contribution in [3.63, 3.8) is 0 Å². The maximum Gasteiger partial charge on any atom is 0.251 e. The number of hydrogen-bond acceptors (Lipinski definition) is 6. The molecule has 5 N–H and O–H groups in total. The SMILES string of the molecule is CC(C)C(NC(=O)[C@@H]1C[C@@H](N2CCCCC2)CN1C(=O)[C@@H](CC1CCCCC1)NC(=O)c1ccc2ccccc2c1)C(O)C(N)=O. The van der Waals surface area contributed by atoms with E-state index in [1.165, 1.54) is 12.8 Å². The van der Waals surface area contributed by atoms with E-state index in [0.29, 0.717) is 30.9 Å². The summed E-state index contributed by atoms with van der Waals surface area (Å²) in [4.78, 5) is 58.1. The predicted molar refractivity (Wildman–Crippen MR) is 178 cm³/mol. The summed E-state index contributed by atoms with van der Waals surface area (Å²) in [5, 5.41) is 18.4. The van der Waals surface area contributed by atoms with Crippen molar-refractivity contribution in [2.45, 2.75) is 108 Å². The van der Waals surface area contributed by atoms with Gasteiger partial charge in [0.2, 0.25) is 17.7 Å². The van der Waals surface area contributed by atoms with Crippen LogP contribution in [0.25, 0.3) is 10.8 Å². The Morgan fingerprint density at radius 1 is 0.913 bits per heavy atom. The minimum Gasteiger partial charge on any atom is -0.381 e. The molecule has 250 valence electrons. The standard InChI is InChI=1S/C36H51N5O5/c1-23(2)31(32(42)33(37)43)39-35(45)30-21-28(40-17-9-4-10-18-40)22-41(30)36(46)29(19-24-11-5-3-6-12-24)38-34(44)27-16-15-25-13-7-8-14-26(25)20-27/h7-8,13-16,20,23-24,28-32,42H,3-6,9-12,17-19,21-22H2,1-2H3,(H2,37,43)(H,38,44)(H,39,45)/t28-,29-,30+,31?,32?/m1/s1. The molecule has 2 aromatic rings. The number of hydrogen-bond donors (Lipinski definition) is 4. The largest absolute Gasteiger partial charge is 0.381 e. The second kappa shape index (κ2) is 15.4. The molecule has 46 heavy (non-hydrogen) atoms. The third-order valence-corrected chi connectivity index (χ3v) is 10.3. The van der Waals surface area contributed by atoms with E-state index in [0.717, 1.165) is 62.4 Å². The number of nitrogens with zero attached hydrogens (tertiary/aromatic N) is 2. The lowest BCUT2D eigenvalue weighted by Gasteiger charge is -2.33. The molecule has 10 nitrogen and oxygen atoms in total. The minimum absolute atomic E-state index is 0.00471. The van der Waals surface area contributed by atoms with Crippen LogP contribution in [-0.2, 0) is 14.4 Å². The normalized spacial score (nSPS) is 23.2. The number of nitrogens with two attached hydrogens (primary N) is 1. The van der Waals surface area contributed by atoms with Crippen LogP contribution in [0.1, 0.15) is 88.4 Å². The van der Waals surface area contributed by atoms with Gasteiger partial charge in [-0.25, -0.2) is 0 Å². The van der Waals surface area contributed by atoms with Gasteiger partial charge in [-0.05, 0) is 73.5 Å². The summed E-state index contributed by atoms with van der Waals surface area (Å²) in [5.74, 6) is -1.84. The first-order valence-electron chi connectivity index (χ1n) is 17.2. The minimum atomic E-state index is -1.55. The zero-order valence-electron chi connectivity index (χ0n) is 27.3. The molecular weight excluding hydrogens is 582 g/mol. The highest BCUT2D eigenvalue weighted by Crippen LogP contribution is 2.31. The van der Waals surface area contributed by atoms with E-state index in [9.17, 15) is 24.3 Å². The Morgan fingerprint density at radius 3 is 2.26 bits per heavy atom. The van der Waals surface area contributed by atoms with E-state index < -0.39 is 36.0 Å². The van der Waals surface area contributed by atoms with Crippen LogP contribution in [-0.4, -0.2) is 88.4 Å². The number of carbonyl (C=O) groups excluding carboxylic acids is 4. The van der Waals surface area contributed by atoms with Crippen LogP contribution in [0.2, 0.25) is 0 Å². The third-order valence-electron chi connectivity index (χ3n) is 10.3. The second-order valence-electron chi connectivity index (χ2n) is 13.9. The molecule has 5 rings (SSSR count). The molecule has 3 fully saturated rings. The highest BCUT2D eigenvalue weighted by atomic mass is 16.3. The van der Waals surface area contributed by atoms with Gasteiger partial charge in [0.15, 0.2) is 6.10 Å². The first kappa shape index (κ1) is 33.9. The quantitative estimate of drug-likeness (QED) is 0.299. The molecule has 2 saturated heterocycles. The van der Waals surface area contributed by atoms with E-state index in [2.05, 4.69) is 15.5 Å². The molecular formula is C36H51N5O5. The third kappa shape index (κ3) is 8.07. The summed E-state index contributed by atoms with van der Waals surface area (Å²) in [6, 6.07) is 10.9. The molecule has 2 aliphatic heterocycles. The van der Waals surface area contributed by atoms with Crippen LogP contribution in [0, 0.1) is 11.8 Å².